The van der Waals surface area contributed by atoms with Crippen LogP contribution in [0.1, 0.15) is 31.8 Å². The number of likely N-dealkylation sites (N-methyl/N-ethyl adjacent to an activating group) is 1. The molecule has 2 aliphatic heterocycles. The van der Waals surface area contributed by atoms with E-state index >= 15 is 0 Å². The molecule has 9 nitrogen and oxygen atoms in total. The van der Waals surface area contributed by atoms with Gasteiger partial charge >= 0.3 is 0 Å². The van der Waals surface area contributed by atoms with E-state index in [9.17, 15) is 9.59 Å². The largest absolute Gasteiger partial charge is 0.378 e. The second kappa shape index (κ2) is 12.4. The lowest BCUT2D eigenvalue weighted by Gasteiger charge is -2.32. The minimum Gasteiger partial charge on any atom is -0.378 e. The summed E-state index contributed by atoms with van der Waals surface area (Å²) in [6.45, 7) is 9.75. The highest BCUT2D eigenvalue weighted by molar-refractivity contribution is 6.08. The Hall–Kier alpha value is -3.79. The van der Waals surface area contributed by atoms with Crippen LogP contribution in [0, 0.1) is 6.92 Å². The SMILES string of the molecule is Cc1ccc(NC(=O)c2ccnc(N3CCOCC3)c2)cc1C(=O)Nc1cccc(CN2CCN(C)CC2)c1. The molecule has 2 aliphatic rings. The monoisotopic (exact) mass is 528 g/mol. The minimum absolute atomic E-state index is 0.209. The Bertz CT molecular complexity index is 1320. The van der Waals surface area contributed by atoms with Gasteiger partial charge in [0.25, 0.3) is 11.8 Å². The topological polar surface area (TPSA) is 90.0 Å². The fourth-order valence-corrected chi connectivity index (χ4v) is 4.88. The Kier molecular flexibility index (Phi) is 8.51. The summed E-state index contributed by atoms with van der Waals surface area (Å²) in [5.74, 6) is 0.294. The van der Waals surface area contributed by atoms with Crippen molar-refractivity contribution in [3.8, 4) is 0 Å². The van der Waals surface area contributed by atoms with Crippen LogP contribution in [-0.2, 0) is 11.3 Å². The molecule has 0 unspecified atom stereocenters. The van der Waals surface area contributed by atoms with Crippen LogP contribution in [0.5, 0.6) is 0 Å². The Morgan fingerprint density at radius 2 is 1.62 bits per heavy atom. The molecule has 39 heavy (non-hydrogen) atoms. The number of carbonyl (C=O) groups excluding carboxylic acids is 2. The third-order valence-electron chi connectivity index (χ3n) is 7.27. The van der Waals surface area contributed by atoms with Gasteiger partial charge in [0.15, 0.2) is 0 Å². The van der Waals surface area contributed by atoms with Gasteiger partial charge in [0.05, 0.1) is 13.2 Å². The molecule has 0 atom stereocenters. The van der Waals surface area contributed by atoms with Gasteiger partial charge in [-0.25, -0.2) is 4.98 Å². The summed E-state index contributed by atoms with van der Waals surface area (Å²) in [4.78, 5) is 37.6. The summed E-state index contributed by atoms with van der Waals surface area (Å²) < 4.78 is 5.41. The van der Waals surface area contributed by atoms with Crippen molar-refractivity contribution in [2.75, 3.05) is 75.1 Å². The Labute approximate surface area is 229 Å². The first-order chi connectivity index (χ1) is 18.9. The van der Waals surface area contributed by atoms with Gasteiger partial charge in [0.1, 0.15) is 5.82 Å². The summed E-state index contributed by atoms with van der Waals surface area (Å²) in [5.41, 5.74) is 4.34. The molecule has 2 amide bonds. The number of rotatable bonds is 7. The maximum Gasteiger partial charge on any atom is 0.256 e. The molecule has 0 aliphatic carbocycles. The quantitative estimate of drug-likeness (QED) is 0.485. The molecule has 3 aromatic rings. The van der Waals surface area contributed by atoms with Crippen LogP contribution in [0.2, 0.25) is 0 Å². The first-order valence-corrected chi connectivity index (χ1v) is 13.5. The van der Waals surface area contributed by atoms with Gasteiger partial charge in [-0.15, -0.1) is 0 Å². The number of hydrogen-bond donors (Lipinski definition) is 2. The van der Waals surface area contributed by atoms with E-state index in [1.54, 1.807) is 24.4 Å². The van der Waals surface area contributed by atoms with Crippen LogP contribution in [0.15, 0.2) is 60.8 Å². The Balaban J connectivity index is 1.24. The molecular formula is C30H36N6O3. The van der Waals surface area contributed by atoms with Gasteiger partial charge in [0.2, 0.25) is 0 Å². The van der Waals surface area contributed by atoms with Gasteiger partial charge < -0.3 is 25.2 Å². The lowest BCUT2D eigenvalue weighted by molar-refractivity contribution is 0.101. The number of morpholine rings is 1. The third-order valence-corrected chi connectivity index (χ3v) is 7.27. The Morgan fingerprint density at radius 1 is 0.872 bits per heavy atom. The average Bonchev–Trinajstić information content (AvgIpc) is 2.96. The lowest BCUT2D eigenvalue weighted by Crippen LogP contribution is -2.43. The van der Waals surface area contributed by atoms with Crippen LogP contribution in [-0.4, -0.2) is 86.1 Å². The fourth-order valence-electron chi connectivity index (χ4n) is 4.88. The van der Waals surface area contributed by atoms with Crippen molar-refractivity contribution in [2.45, 2.75) is 13.5 Å². The molecule has 1 aromatic heterocycles. The van der Waals surface area contributed by atoms with E-state index in [0.717, 1.165) is 62.9 Å². The van der Waals surface area contributed by atoms with E-state index in [-0.39, 0.29) is 11.8 Å². The van der Waals surface area contributed by atoms with Crippen molar-refractivity contribution >= 4 is 29.0 Å². The highest BCUT2D eigenvalue weighted by atomic mass is 16.5. The molecule has 0 spiro atoms. The molecule has 0 saturated carbocycles. The fraction of sp³-hybridized carbons (Fsp3) is 0.367. The number of hydrogen-bond acceptors (Lipinski definition) is 7. The average molecular weight is 529 g/mol. The molecule has 204 valence electrons. The van der Waals surface area contributed by atoms with E-state index < -0.39 is 0 Å². The van der Waals surface area contributed by atoms with Crippen molar-refractivity contribution in [3.63, 3.8) is 0 Å². The lowest BCUT2D eigenvalue weighted by atomic mass is 10.1. The number of carbonyl (C=O) groups is 2. The highest BCUT2D eigenvalue weighted by Gasteiger charge is 2.17. The zero-order chi connectivity index (χ0) is 27.2. The van der Waals surface area contributed by atoms with Crippen molar-refractivity contribution in [3.05, 3.63) is 83.0 Å². The van der Waals surface area contributed by atoms with Gasteiger partial charge in [-0.3, -0.25) is 14.5 Å². The molecule has 2 fully saturated rings. The van der Waals surface area contributed by atoms with E-state index in [1.165, 1.54) is 5.56 Å². The van der Waals surface area contributed by atoms with Crippen LogP contribution in [0.4, 0.5) is 17.2 Å². The van der Waals surface area contributed by atoms with Gasteiger partial charge in [-0.2, -0.15) is 0 Å². The zero-order valence-corrected chi connectivity index (χ0v) is 22.7. The van der Waals surface area contributed by atoms with Crippen LogP contribution in [0.3, 0.4) is 0 Å². The van der Waals surface area contributed by atoms with Crippen molar-refractivity contribution in [1.29, 1.82) is 0 Å². The number of nitrogens with one attached hydrogen (secondary N) is 2. The molecule has 3 heterocycles. The summed E-state index contributed by atoms with van der Waals surface area (Å²) in [6.07, 6.45) is 1.64. The maximum atomic E-state index is 13.2. The minimum atomic E-state index is -0.251. The number of ether oxygens (including phenoxy) is 1. The number of benzene rings is 2. The predicted octanol–water partition coefficient (Wildman–Crippen LogP) is 3.48. The summed E-state index contributed by atoms with van der Waals surface area (Å²) in [5, 5.41) is 5.97. The second-order valence-corrected chi connectivity index (χ2v) is 10.2. The number of aryl methyl sites for hydroxylation is 1. The summed E-state index contributed by atoms with van der Waals surface area (Å²) >= 11 is 0. The van der Waals surface area contributed by atoms with Gasteiger partial charge in [0, 0.05) is 74.5 Å². The first kappa shape index (κ1) is 26.8. The van der Waals surface area contributed by atoms with E-state index in [0.29, 0.717) is 30.0 Å². The smallest absolute Gasteiger partial charge is 0.256 e. The third kappa shape index (κ3) is 7.00. The first-order valence-electron chi connectivity index (χ1n) is 13.5. The zero-order valence-electron chi connectivity index (χ0n) is 22.7. The molecule has 0 radical (unpaired) electrons. The summed E-state index contributed by atoms with van der Waals surface area (Å²) in [6, 6.07) is 16.9. The summed E-state index contributed by atoms with van der Waals surface area (Å²) in [7, 11) is 2.15. The molecule has 9 heteroatoms. The molecule has 2 saturated heterocycles. The number of pyridine rings is 1. The van der Waals surface area contributed by atoms with Crippen molar-refractivity contribution < 1.29 is 14.3 Å². The molecule has 5 rings (SSSR count). The predicted molar refractivity (Wildman–Crippen MR) is 154 cm³/mol. The highest BCUT2D eigenvalue weighted by Crippen LogP contribution is 2.21. The number of piperazine rings is 1. The van der Waals surface area contributed by atoms with Crippen LogP contribution >= 0.6 is 0 Å². The number of aromatic nitrogens is 1. The van der Waals surface area contributed by atoms with E-state index in [2.05, 4.69) is 43.4 Å². The molecule has 0 bridgehead atoms. The number of nitrogens with zero attached hydrogens (tertiary/aromatic N) is 4. The standard InChI is InChI=1S/C30H36N6O3/c1-22-6-7-26(32-29(37)24-8-9-31-28(19-24)36-14-16-39-17-15-36)20-27(22)30(38)33-25-5-3-4-23(18-25)21-35-12-10-34(2)11-13-35/h3-9,18-20H,10-17,21H2,1-2H3,(H,32,37)(H,33,38). The van der Waals surface area contributed by atoms with Gasteiger partial charge in [-0.1, -0.05) is 18.2 Å². The number of amides is 2. The van der Waals surface area contributed by atoms with E-state index in [1.807, 2.05) is 37.3 Å². The van der Waals surface area contributed by atoms with Crippen molar-refractivity contribution in [1.82, 2.24) is 14.8 Å². The van der Waals surface area contributed by atoms with Crippen LogP contribution in [0.25, 0.3) is 0 Å². The van der Waals surface area contributed by atoms with Crippen LogP contribution < -0.4 is 15.5 Å². The van der Waals surface area contributed by atoms with E-state index in [4.69, 9.17) is 4.74 Å². The Morgan fingerprint density at radius 3 is 2.41 bits per heavy atom. The molecular weight excluding hydrogens is 492 g/mol. The normalized spacial score (nSPS) is 16.6. The molecule has 2 N–H and O–H groups in total. The number of anilines is 3. The van der Waals surface area contributed by atoms with Crippen molar-refractivity contribution in [2.24, 2.45) is 0 Å². The molecule has 2 aromatic carbocycles. The maximum absolute atomic E-state index is 13.2. The second-order valence-electron chi connectivity index (χ2n) is 10.2. The van der Waals surface area contributed by atoms with Gasteiger partial charge in [-0.05, 0) is 61.5 Å².